The van der Waals surface area contributed by atoms with Crippen molar-refractivity contribution in [3.63, 3.8) is 0 Å². The lowest BCUT2D eigenvalue weighted by molar-refractivity contribution is 0.271. The summed E-state index contributed by atoms with van der Waals surface area (Å²) < 4.78 is 2.21. The molecular formula is C13H24N2. The number of rotatable bonds is 6. The Labute approximate surface area is 93.7 Å². The zero-order valence-electron chi connectivity index (χ0n) is 10.6. The molecule has 1 aromatic rings. The summed E-state index contributed by atoms with van der Waals surface area (Å²) in [4.78, 5) is 4.26. The fraction of sp³-hybridized carbons (Fsp3) is 0.769. The minimum absolute atomic E-state index is 0.391. The maximum absolute atomic E-state index is 4.26. The van der Waals surface area contributed by atoms with Crippen LogP contribution in [0.25, 0.3) is 0 Å². The van der Waals surface area contributed by atoms with Gasteiger partial charge in [0, 0.05) is 12.7 Å². The summed E-state index contributed by atoms with van der Waals surface area (Å²) in [5.74, 6) is 0. The van der Waals surface area contributed by atoms with Crippen molar-refractivity contribution in [3.8, 4) is 0 Å². The Balaban J connectivity index is 2.41. The highest BCUT2D eigenvalue weighted by Crippen LogP contribution is 2.25. The lowest BCUT2D eigenvalue weighted by Gasteiger charge is -2.24. The molecule has 1 rings (SSSR count). The summed E-state index contributed by atoms with van der Waals surface area (Å²) >= 11 is 0. The molecule has 1 aromatic heterocycles. The maximum atomic E-state index is 4.26. The Morgan fingerprint density at radius 1 is 1.33 bits per heavy atom. The van der Waals surface area contributed by atoms with Crippen LogP contribution >= 0.6 is 0 Å². The molecule has 0 saturated heterocycles. The lowest BCUT2D eigenvalue weighted by atomic mass is 9.87. The van der Waals surface area contributed by atoms with Crippen LogP contribution in [-0.4, -0.2) is 9.55 Å². The van der Waals surface area contributed by atoms with Crippen LogP contribution in [0.4, 0.5) is 0 Å². The van der Waals surface area contributed by atoms with Gasteiger partial charge in [0.15, 0.2) is 0 Å². The van der Waals surface area contributed by atoms with Crippen molar-refractivity contribution in [2.45, 2.75) is 59.9 Å². The van der Waals surface area contributed by atoms with Crippen LogP contribution in [0.1, 0.15) is 52.1 Å². The number of hydrogen-bond donors (Lipinski definition) is 0. The van der Waals surface area contributed by atoms with Crippen molar-refractivity contribution in [3.05, 3.63) is 18.2 Å². The third-order valence-electron chi connectivity index (χ3n) is 2.83. The molecule has 0 radical (unpaired) electrons. The second-order valence-electron chi connectivity index (χ2n) is 5.31. The van der Waals surface area contributed by atoms with Crippen LogP contribution in [0.5, 0.6) is 0 Å². The van der Waals surface area contributed by atoms with Gasteiger partial charge in [0.1, 0.15) is 0 Å². The predicted octanol–water partition coefficient (Wildman–Crippen LogP) is 3.80. The zero-order valence-corrected chi connectivity index (χ0v) is 10.6. The van der Waals surface area contributed by atoms with Crippen LogP contribution in [0.15, 0.2) is 12.5 Å². The van der Waals surface area contributed by atoms with E-state index >= 15 is 0 Å². The van der Waals surface area contributed by atoms with Gasteiger partial charge < -0.3 is 4.57 Å². The van der Waals surface area contributed by atoms with Crippen molar-refractivity contribution in [2.75, 3.05) is 0 Å². The molecular weight excluding hydrogens is 184 g/mol. The van der Waals surface area contributed by atoms with Crippen molar-refractivity contribution in [2.24, 2.45) is 5.41 Å². The molecule has 0 bridgehead atoms. The first-order chi connectivity index (χ1) is 7.03. The zero-order chi connectivity index (χ0) is 11.3. The first-order valence-electron chi connectivity index (χ1n) is 6.02. The first kappa shape index (κ1) is 12.3. The summed E-state index contributed by atoms with van der Waals surface area (Å²) in [6.45, 7) is 10.1. The quantitative estimate of drug-likeness (QED) is 0.650. The van der Waals surface area contributed by atoms with Crippen LogP contribution in [0, 0.1) is 12.3 Å². The van der Waals surface area contributed by atoms with Gasteiger partial charge in [-0.25, -0.2) is 4.98 Å². The summed E-state index contributed by atoms with van der Waals surface area (Å²) in [6, 6.07) is 0. The van der Waals surface area contributed by atoms with Crippen molar-refractivity contribution in [1.29, 1.82) is 0 Å². The van der Waals surface area contributed by atoms with E-state index in [4.69, 9.17) is 0 Å². The van der Waals surface area contributed by atoms with Crippen LogP contribution < -0.4 is 0 Å². The van der Waals surface area contributed by atoms with Crippen molar-refractivity contribution < 1.29 is 0 Å². The second-order valence-corrected chi connectivity index (χ2v) is 5.31. The monoisotopic (exact) mass is 208 g/mol. The Kier molecular flexibility index (Phi) is 4.37. The summed E-state index contributed by atoms with van der Waals surface area (Å²) in [5, 5.41) is 0. The minimum atomic E-state index is 0.391. The number of nitrogens with zero attached hydrogens (tertiary/aromatic N) is 2. The Bertz CT molecular complexity index is 286. The molecule has 0 saturated carbocycles. The van der Waals surface area contributed by atoms with Crippen LogP contribution in [0.3, 0.4) is 0 Å². The largest absolute Gasteiger partial charge is 0.337 e. The van der Waals surface area contributed by atoms with E-state index in [1.54, 1.807) is 0 Å². The summed E-state index contributed by atoms with van der Waals surface area (Å²) in [7, 11) is 0. The molecule has 0 fully saturated rings. The molecule has 86 valence electrons. The van der Waals surface area contributed by atoms with E-state index in [0.717, 1.165) is 12.2 Å². The first-order valence-corrected chi connectivity index (χ1v) is 6.02. The number of unbranched alkanes of at least 4 members (excludes halogenated alkanes) is 2. The third-order valence-corrected chi connectivity index (χ3v) is 2.83. The fourth-order valence-electron chi connectivity index (χ4n) is 1.99. The van der Waals surface area contributed by atoms with E-state index in [1.807, 2.05) is 13.3 Å². The van der Waals surface area contributed by atoms with Gasteiger partial charge in [0.05, 0.1) is 12.0 Å². The molecule has 0 spiro atoms. The van der Waals surface area contributed by atoms with Gasteiger partial charge >= 0.3 is 0 Å². The smallest absolute Gasteiger partial charge is 0.0949 e. The number of aryl methyl sites for hydroxylation is 1. The normalized spacial score (nSPS) is 12.0. The molecule has 1 heterocycles. The third kappa shape index (κ3) is 4.50. The van der Waals surface area contributed by atoms with Gasteiger partial charge in [-0.15, -0.1) is 0 Å². The van der Waals surface area contributed by atoms with E-state index in [0.29, 0.717) is 5.41 Å². The molecule has 0 amide bonds. The van der Waals surface area contributed by atoms with Crippen molar-refractivity contribution >= 4 is 0 Å². The minimum Gasteiger partial charge on any atom is -0.337 e. The highest BCUT2D eigenvalue weighted by molar-refractivity contribution is 4.93. The van der Waals surface area contributed by atoms with E-state index in [2.05, 4.69) is 36.5 Å². The highest BCUT2D eigenvalue weighted by atomic mass is 15.0. The second kappa shape index (κ2) is 5.34. The summed E-state index contributed by atoms with van der Waals surface area (Å²) in [6.07, 6.45) is 9.38. The maximum Gasteiger partial charge on any atom is 0.0949 e. The molecule has 2 heteroatoms. The topological polar surface area (TPSA) is 17.8 Å². The predicted molar refractivity (Wildman–Crippen MR) is 64.9 cm³/mol. The molecule has 0 aliphatic carbocycles. The van der Waals surface area contributed by atoms with E-state index in [-0.39, 0.29) is 0 Å². The Morgan fingerprint density at radius 2 is 2.07 bits per heavy atom. The molecule has 2 nitrogen and oxygen atoms in total. The summed E-state index contributed by atoms with van der Waals surface area (Å²) in [5.41, 5.74) is 1.50. The molecule has 0 atom stereocenters. The molecule has 0 aliphatic heterocycles. The number of hydrogen-bond acceptors (Lipinski definition) is 1. The molecule has 0 aromatic carbocycles. The molecule has 15 heavy (non-hydrogen) atoms. The lowest BCUT2D eigenvalue weighted by Crippen LogP contribution is -2.18. The fourth-order valence-corrected chi connectivity index (χ4v) is 1.99. The van der Waals surface area contributed by atoms with Gasteiger partial charge in [-0.05, 0) is 18.8 Å². The number of imidazole rings is 1. The van der Waals surface area contributed by atoms with Crippen LogP contribution in [-0.2, 0) is 6.54 Å². The number of aromatic nitrogens is 2. The molecule has 0 N–H and O–H groups in total. The van der Waals surface area contributed by atoms with Gasteiger partial charge in [-0.1, -0.05) is 40.0 Å². The standard InChI is InChI=1S/C13H24N2/c1-5-6-7-8-13(3,4)10-15-9-12(2)14-11-15/h9,11H,5-8,10H2,1-4H3. The van der Waals surface area contributed by atoms with Gasteiger partial charge in [-0.3, -0.25) is 0 Å². The van der Waals surface area contributed by atoms with E-state index in [1.165, 1.54) is 25.7 Å². The Hall–Kier alpha value is -0.790. The van der Waals surface area contributed by atoms with E-state index in [9.17, 15) is 0 Å². The molecule has 0 unspecified atom stereocenters. The average Bonchev–Trinajstić information content (AvgIpc) is 2.50. The highest BCUT2D eigenvalue weighted by Gasteiger charge is 2.17. The van der Waals surface area contributed by atoms with Gasteiger partial charge in [0.25, 0.3) is 0 Å². The molecule has 0 aliphatic rings. The van der Waals surface area contributed by atoms with E-state index < -0.39 is 0 Å². The van der Waals surface area contributed by atoms with Crippen molar-refractivity contribution in [1.82, 2.24) is 9.55 Å². The average molecular weight is 208 g/mol. The van der Waals surface area contributed by atoms with Gasteiger partial charge in [-0.2, -0.15) is 0 Å². The van der Waals surface area contributed by atoms with Crippen LogP contribution in [0.2, 0.25) is 0 Å². The SMILES string of the molecule is CCCCCC(C)(C)Cn1cnc(C)c1. The Morgan fingerprint density at radius 3 is 2.60 bits per heavy atom. The van der Waals surface area contributed by atoms with Gasteiger partial charge in [0.2, 0.25) is 0 Å².